The summed E-state index contributed by atoms with van der Waals surface area (Å²) in [6.07, 6.45) is 0.748. The van der Waals surface area contributed by atoms with E-state index in [4.69, 9.17) is 17.3 Å². The number of halogens is 1. The number of amides is 1. The first kappa shape index (κ1) is 14.0. The third kappa shape index (κ3) is 3.72. The van der Waals surface area contributed by atoms with Gasteiger partial charge in [0.25, 0.3) is 0 Å². The van der Waals surface area contributed by atoms with Gasteiger partial charge < -0.3 is 11.1 Å². The minimum Gasteiger partial charge on any atom is -0.349 e. The van der Waals surface area contributed by atoms with E-state index < -0.39 is 0 Å². The lowest BCUT2D eigenvalue weighted by atomic mass is 10.0. The van der Waals surface area contributed by atoms with Crippen molar-refractivity contribution in [1.29, 1.82) is 0 Å². The predicted octanol–water partition coefficient (Wildman–Crippen LogP) is 2.50. The lowest BCUT2D eigenvalue weighted by Crippen LogP contribution is -2.36. The molecule has 3 nitrogen and oxygen atoms in total. The molecule has 17 heavy (non-hydrogen) atoms. The van der Waals surface area contributed by atoms with Crippen LogP contribution in [0.1, 0.15) is 31.9 Å². The summed E-state index contributed by atoms with van der Waals surface area (Å²) in [6.45, 7) is 4.25. The maximum absolute atomic E-state index is 11.9. The van der Waals surface area contributed by atoms with Crippen LogP contribution in [0.3, 0.4) is 0 Å². The second-order valence-corrected chi connectivity index (χ2v) is 4.50. The molecule has 0 bridgehead atoms. The van der Waals surface area contributed by atoms with Crippen LogP contribution < -0.4 is 11.1 Å². The third-order valence-electron chi connectivity index (χ3n) is 2.88. The Morgan fingerprint density at radius 1 is 1.47 bits per heavy atom. The number of nitrogens with two attached hydrogens (primary N) is 1. The van der Waals surface area contributed by atoms with Crippen LogP contribution in [0.25, 0.3) is 0 Å². The second-order valence-electron chi connectivity index (χ2n) is 4.09. The summed E-state index contributed by atoms with van der Waals surface area (Å²) < 4.78 is 0. The van der Waals surface area contributed by atoms with Gasteiger partial charge in [-0.05, 0) is 25.0 Å². The number of nitrogens with one attached hydrogen (secondary N) is 1. The second kappa shape index (κ2) is 6.62. The lowest BCUT2D eigenvalue weighted by Gasteiger charge is -2.19. The van der Waals surface area contributed by atoms with Crippen molar-refractivity contribution in [3.63, 3.8) is 0 Å². The summed E-state index contributed by atoms with van der Waals surface area (Å²) in [7, 11) is 0. The van der Waals surface area contributed by atoms with Gasteiger partial charge in [0.05, 0.1) is 6.04 Å². The Morgan fingerprint density at radius 3 is 2.65 bits per heavy atom. The van der Waals surface area contributed by atoms with Crippen molar-refractivity contribution < 1.29 is 4.79 Å². The Balaban J connectivity index is 2.70. The fraction of sp³-hybridized carbons (Fsp3) is 0.462. The lowest BCUT2D eigenvalue weighted by molar-refractivity contribution is -0.125. The van der Waals surface area contributed by atoms with E-state index in [2.05, 4.69) is 5.32 Å². The van der Waals surface area contributed by atoms with Crippen molar-refractivity contribution in [2.75, 3.05) is 6.54 Å². The molecule has 0 fully saturated rings. The highest BCUT2D eigenvalue weighted by molar-refractivity contribution is 6.31. The Kier molecular flexibility index (Phi) is 5.45. The first-order valence-corrected chi connectivity index (χ1v) is 6.22. The summed E-state index contributed by atoms with van der Waals surface area (Å²) >= 11 is 6.07. The normalized spacial score (nSPS) is 14.1. The zero-order valence-electron chi connectivity index (χ0n) is 10.2. The summed E-state index contributed by atoms with van der Waals surface area (Å²) in [5.41, 5.74) is 6.47. The predicted molar refractivity (Wildman–Crippen MR) is 70.8 cm³/mol. The van der Waals surface area contributed by atoms with Gasteiger partial charge in [-0.3, -0.25) is 4.79 Å². The van der Waals surface area contributed by atoms with Crippen LogP contribution in [0.15, 0.2) is 24.3 Å². The molecule has 4 heteroatoms. The first-order chi connectivity index (χ1) is 8.10. The minimum atomic E-state index is -0.125. The monoisotopic (exact) mass is 254 g/mol. The SMILES string of the molecule is CCC(CN)C(=O)N[C@@H](C)c1ccccc1Cl. The van der Waals surface area contributed by atoms with Crippen LogP contribution in [0.5, 0.6) is 0 Å². The minimum absolute atomic E-state index is 0.0116. The van der Waals surface area contributed by atoms with Gasteiger partial charge in [-0.2, -0.15) is 0 Å². The molecule has 0 aliphatic heterocycles. The van der Waals surface area contributed by atoms with E-state index in [-0.39, 0.29) is 17.9 Å². The molecule has 0 spiro atoms. The summed E-state index contributed by atoms with van der Waals surface area (Å²) in [4.78, 5) is 11.9. The van der Waals surface area contributed by atoms with E-state index in [1.165, 1.54) is 0 Å². The van der Waals surface area contributed by atoms with Crippen molar-refractivity contribution in [3.05, 3.63) is 34.9 Å². The third-order valence-corrected chi connectivity index (χ3v) is 3.22. The quantitative estimate of drug-likeness (QED) is 0.848. The van der Waals surface area contributed by atoms with Crippen LogP contribution >= 0.6 is 11.6 Å². The van der Waals surface area contributed by atoms with Crippen molar-refractivity contribution in [2.24, 2.45) is 11.7 Å². The molecule has 0 aliphatic rings. The molecule has 1 unspecified atom stereocenters. The van der Waals surface area contributed by atoms with E-state index in [9.17, 15) is 4.79 Å². The zero-order valence-corrected chi connectivity index (χ0v) is 11.0. The molecule has 1 aromatic carbocycles. The Labute approximate surface area is 107 Å². The van der Waals surface area contributed by atoms with Gasteiger partial charge in [-0.15, -0.1) is 0 Å². The maximum Gasteiger partial charge on any atom is 0.224 e. The number of hydrogen-bond acceptors (Lipinski definition) is 2. The molecule has 94 valence electrons. The Hall–Kier alpha value is -1.06. The summed E-state index contributed by atoms with van der Waals surface area (Å²) in [6, 6.07) is 7.41. The number of hydrogen-bond donors (Lipinski definition) is 2. The molecular weight excluding hydrogens is 236 g/mol. The van der Waals surface area contributed by atoms with Gasteiger partial charge in [0.2, 0.25) is 5.91 Å². The molecule has 3 N–H and O–H groups in total. The molecule has 0 saturated heterocycles. The zero-order chi connectivity index (χ0) is 12.8. The molecule has 0 aliphatic carbocycles. The van der Waals surface area contributed by atoms with E-state index in [1.807, 2.05) is 38.1 Å². The van der Waals surface area contributed by atoms with Crippen LogP contribution in [0.2, 0.25) is 5.02 Å². The Bertz CT molecular complexity index is 377. The highest BCUT2D eigenvalue weighted by Crippen LogP contribution is 2.22. The van der Waals surface area contributed by atoms with Crippen molar-refractivity contribution in [2.45, 2.75) is 26.3 Å². The van der Waals surface area contributed by atoms with Gasteiger partial charge in [-0.25, -0.2) is 0 Å². The van der Waals surface area contributed by atoms with Crippen LogP contribution in [-0.4, -0.2) is 12.5 Å². The molecule has 0 saturated carbocycles. The largest absolute Gasteiger partial charge is 0.349 e. The van der Waals surface area contributed by atoms with Crippen molar-refractivity contribution >= 4 is 17.5 Å². The molecule has 1 aromatic rings. The van der Waals surface area contributed by atoms with Crippen LogP contribution in [0.4, 0.5) is 0 Å². The fourth-order valence-corrected chi connectivity index (χ4v) is 1.99. The molecule has 1 amide bonds. The average Bonchev–Trinajstić information content (AvgIpc) is 2.31. The van der Waals surface area contributed by atoms with Crippen molar-refractivity contribution in [1.82, 2.24) is 5.32 Å². The van der Waals surface area contributed by atoms with Gasteiger partial charge in [0.15, 0.2) is 0 Å². The topological polar surface area (TPSA) is 55.1 Å². The van der Waals surface area contributed by atoms with Gasteiger partial charge in [0, 0.05) is 17.5 Å². The highest BCUT2D eigenvalue weighted by Gasteiger charge is 2.18. The van der Waals surface area contributed by atoms with Crippen LogP contribution in [-0.2, 0) is 4.79 Å². The van der Waals surface area contributed by atoms with Gasteiger partial charge in [-0.1, -0.05) is 36.7 Å². The molecular formula is C13H19ClN2O. The van der Waals surface area contributed by atoms with Gasteiger partial charge in [0.1, 0.15) is 0 Å². The molecule has 2 atom stereocenters. The maximum atomic E-state index is 11.9. The number of carbonyl (C=O) groups excluding carboxylic acids is 1. The molecule has 0 aromatic heterocycles. The first-order valence-electron chi connectivity index (χ1n) is 5.85. The number of rotatable bonds is 5. The number of carbonyl (C=O) groups is 1. The highest BCUT2D eigenvalue weighted by atomic mass is 35.5. The average molecular weight is 255 g/mol. The van der Waals surface area contributed by atoms with Crippen LogP contribution in [0, 0.1) is 5.92 Å². The molecule has 1 rings (SSSR count). The van der Waals surface area contributed by atoms with E-state index in [0.29, 0.717) is 11.6 Å². The number of benzene rings is 1. The molecule has 0 heterocycles. The summed E-state index contributed by atoms with van der Waals surface area (Å²) in [5.74, 6) is -0.137. The smallest absolute Gasteiger partial charge is 0.224 e. The summed E-state index contributed by atoms with van der Waals surface area (Å²) in [5, 5.41) is 3.60. The van der Waals surface area contributed by atoms with Gasteiger partial charge >= 0.3 is 0 Å². The Morgan fingerprint density at radius 2 is 2.12 bits per heavy atom. The van der Waals surface area contributed by atoms with E-state index >= 15 is 0 Å². The van der Waals surface area contributed by atoms with E-state index in [0.717, 1.165) is 12.0 Å². The standard InChI is InChI=1S/C13H19ClN2O/c1-3-10(8-15)13(17)16-9(2)11-6-4-5-7-12(11)14/h4-7,9-10H,3,8,15H2,1-2H3,(H,16,17)/t9-,10?/m0/s1. The molecule has 0 radical (unpaired) electrons. The fourth-order valence-electron chi connectivity index (χ4n) is 1.69. The van der Waals surface area contributed by atoms with Crippen molar-refractivity contribution in [3.8, 4) is 0 Å². The van der Waals surface area contributed by atoms with E-state index in [1.54, 1.807) is 0 Å².